The molecule has 1 aromatic heterocycles. The lowest BCUT2D eigenvalue weighted by Gasteiger charge is -2.22. The van der Waals surface area contributed by atoms with Crippen LogP contribution in [0.5, 0.6) is 0 Å². The van der Waals surface area contributed by atoms with Crippen LogP contribution >= 0.6 is 0 Å². The van der Waals surface area contributed by atoms with Crippen LogP contribution in [0.4, 0.5) is 5.82 Å². The molecule has 6 nitrogen and oxygen atoms in total. The van der Waals surface area contributed by atoms with Crippen LogP contribution in [0.2, 0.25) is 0 Å². The molecule has 6 heteroatoms. The van der Waals surface area contributed by atoms with Crippen LogP contribution < -0.4 is 17.0 Å². The van der Waals surface area contributed by atoms with Gasteiger partial charge in [-0.3, -0.25) is 14.3 Å². The number of nitrogens with one attached hydrogen (secondary N) is 1. The minimum atomic E-state index is -0.447. The first-order valence-corrected chi connectivity index (χ1v) is 5.91. The SMILES string of the molecule is CC(CN1CCCC1)n1c(N)cc(=O)[nH]c1=O. The minimum absolute atomic E-state index is 0.0301. The Kier molecular flexibility index (Phi) is 3.33. The van der Waals surface area contributed by atoms with E-state index < -0.39 is 11.2 Å². The topological polar surface area (TPSA) is 84.1 Å². The second-order valence-electron chi connectivity index (χ2n) is 4.59. The van der Waals surface area contributed by atoms with Crippen LogP contribution in [0.1, 0.15) is 25.8 Å². The van der Waals surface area contributed by atoms with Crippen LogP contribution in [0.15, 0.2) is 15.7 Å². The van der Waals surface area contributed by atoms with Crippen molar-refractivity contribution in [3.63, 3.8) is 0 Å². The van der Waals surface area contributed by atoms with E-state index >= 15 is 0 Å². The number of nitrogens with zero attached hydrogens (tertiary/aromatic N) is 2. The zero-order valence-electron chi connectivity index (χ0n) is 9.98. The predicted octanol–water partition coefficient (Wildman–Crippen LogP) is -0.224. The number of aromatic amines is 1. The first kappa shape index (κ1) is 11.9. The first-order valence-electron chi connectivity index (χ1n) is 5.91. The third-order valence-electron chi connectivity index (χ3n) is 3.17. The molecule has 0 saturated carbocycles. The fourth-order valence-electron chi connectivity index (χ4n) is 2.40. The molecule has 1 unspecified atom stereocenters. The predicted molar refractivity (Wildman–Crippen MR) is 66.1 cm³/mol. The summed E-state index contributed by atoms with van der Waals surface area (Å²) in [4.78, 5) is 27.3. The lowest BCUT2D eigenvalue weighted by atomic mass is 10.3. The van der Waals surface area contributed by atoms with E-state index in [1.54, 1.807) is 0 Å². The van der Waals surface area contributed by atoms with Crippen molar-refractivity contribution in [2.24, 2.45) is 0 Å². The fourth-order valence-corrected chi connectivity index (χ4v) is 2.40. The summed E-state index contributed by atoms with van der Waals surface area (Å²) in [7, 11) is 0. The van der Waals surface area contributed by atoms with Crippen molar-refractivity contribution >= 4 is 5.82 Å². The van der Waals surface area contributed by atoms with Crippen molar-refractivity contribution in [1.29, 1.82) is 0 Å². The van der Waals surface area contributed by atoms with Gasteiger partial charge >= 0.3 is 5.69 Å². The van der Waals surface area contributed by atoms with E-state index in [9.17, 15) is 9.59 Å². The van der Waals surface area contributed by atoms with Gasteiger partial charge < -0.3 is 10.6 Å². The number of nitrogens with two attached hydrogens (primary N) is 1. The van der Waals surface area contributed by atoms with Gasteiger partial charge in [0.15, 0.2) is 0 Å². The highest BCUT2D eigenvalue weighted by molar-refractivity contribution is 5.26. The van der Waals surface area contributed by atoms with E-state index in [0.717, 1.165) is 19.6 Å². The Bertz CT molecular complexity index is 499. The van der Waals surface area contributed by atoms with E-state index in [-0.39, 0.29) is 11.9 Å². The number of H-pyrrole nitrogens is 1. The van der Waals surface area contributed by atoms with Gasteiger partial charge in [0.2, 0.25) is 0 Å². The van der Waals surface area contributed by atoms with Crippen LogP contribution in [-0.4, -0.2) is 34.1 Å². The molecule has 1 fully saturated rings. The lowest BCUT2D eigenvalue weighted by Crippen LogP contribution is -2.37. The van der Waals surface area contributed by atoms with E-state index in [1.165, 1.54) is 23.5 Å². The van der Waals surface area contributed by atoms with Gasteiger partial charge in [0.25, 0.3) is 5.56 Å². The third kappa shape index (κ3) is 2.58. The highest BCUT2D eigenvalue weighted by atomic mass is 16.2. The standard InChI is InChI=1S/C11H18N4O2/c1-8(7-14-4-2-3-5-14)15-9(12)6-10(16)13-11(15)17/h6,8H,2-5,7,12H2,1H3,(H,13,16,17). The van der Waals surface area contributed by atoms with Gasteiger partial charge in [0.05, 0.1) is 0 Å². The summed E-state index contributed by atoms with van der Waals surface area (Å²) in [5, 5.41) is 0. The van der Waals surface area contributed by atoms with Crippen LogP contribution in [0, 0.1) is 0 Å². The van der Waals surface area contributed by atoms with Crippen LogP contribution in [0.3, 0.4) is 0 Å². The number of hydrogen-bond acceptors (Lipinski definition) is 4. The van der Waals surface area contributed by atoms with Crippen molar-refractivity contribution in [2.75, 3.05) is 25.4 Å². The van der Waals surface area contributed by atoms with E-state index in [0.29, 0.717) is 0 Å². The number of aromatic nitrogens is 2. The van der Waals surface area contributed by atoms with Crippen molar-refractivity contribution in [1.82, 2.24) is 14.5 Å². The average Bonchev–Trinajstić information content (AvgIpc) is 2.68. The van der Waals surface area contributed by atoms with Gasteiger partial charge in [-0.1, -0.05) is 0 Å². The summed E-state index contributed by atoms with van der Waals surface area (Å²) in [6.45, 7) is 4.87. The van der Waals surface area contributed by atoms with E-state index in [1.807, 2.05) is 6.92 Å². The molecule has 2 heterocycles. The van der Waals surface area contributed by atoms with Gasteiger partial charge in [-0.25, -0.2) is 4.79 Å². The van der Waals surface area contributed by atoms with Crippen molar-refractivity contribution < 1.29 is 0 Å². The molecule has 2 rings (SSSR count). The zero-order chi connectivity index (χ0) is 12.4. The normalized spacial score (nSPS) is 18.4. The summed E-state index contributed by atoms with van der Waals surface area (Å²) < 4.78 is 1.44. The second-order valence-corrected chi connectivity index (χ2v) is 4.59. The Morgan fingerprint density at radius 2 is 2.06 bits per heavy atom. The van der Waals surface area contributed by atoms with Gasteiger partial charge in [-0.05, 0) is 32.9 Å². The van der Waals surface area contributed by atoms with E-state index in [4.69, 9.17) is 5.73 Å². The molecule has 17 heavy (non-hydrogen) atoms. The van der Waals surface area contributed by atoms with Gasteiger partial charge in [-0.2, -0.15) is 0 Å². The quantitative estimate of drug-likeness (QED) is 0.762. The summed E-state index contributed by atoms with van der Waals surface area (Å²) in [6.07, 6.45) is 2.42. The molecule has 0 aromatic carbocycles. The molecule has 1 atom stereocenters. The second kappa shape index (κ2) is 4.75. The maximum absolute atomic E-state index is 11.7. The van der Waals surface area contributed by atoms with Crippen molar-refractivity contribution in [3.8, 4) is 0 Å². The Labute approximate surface area is 99.1 Å². The molecule has 1 aliphatic rings. The summed E-state index contributed by atoms with van der Waals surface area (Å²) >= 11 is 0. The molecule has 0 amide bonds. The zero-order valence-corrected chi connectivity index (χ0v) is 9.98. The van der Waals surface area contributed by atoms with Gasteiger partial charge in [0, 0.05) is 18.7 Å². The molecular weight excluding hydrogens is 220 g/mol. The molecule has 1 aromatic rings. The molecule has 0 radical (unpaired) electrons. The lowest BCUT2D eigenvalue weighted by molar-refractivity contribution is 0.285. The Morgan fingerprint density at radius 3 is 2.65 bits per heavy atom. The third-order valence-corrected chi connectivity index (χ3v) is 3.17. The number of hydrogen-bond donors (Lipinski definition) is 2. The maximum atomic E-state index is 11.7. The summed E-state index contributed by atoms with van der Waals surface area (Å²) in [6, 6.07) is 1.22. The molecule has 0 spiro atoms. The molecule has 3 N–H and O–H groups in total. The number of likely N-dealkylation sites (tertiary alicyclic amines) is 1. The monoisotopic (exact) mass is 238 g/mol. The number of nitrogen functional groups attached to an aromatic ring is 1. The minimum Gasteiger partial charge on any atom is -0.385 e. The molecule has 0 aliphatic carbocycles. The highest BCUT2D eigenvalue weighted by Crippen LogP contribution is 2.13. The Morgan fingerprint density at radius 1 is 1.41 bits per heavy atom. The summed E-state index contributed by atoms with van der Waals surface area (Å²) in [5.74, 6) is 0.227. The highest BCUT2D eigenvalue weighted by Gasteiger charge is 2.17. The van der Waals surface area contributed by atoms with Crippen LogP contribution in [0.25, 0.3) is 0 Å². The van der Waals surface area contributed by atoms with Crippen molar-refractivity contribution in [3.05, 3.63) is 26.9 Å². The Balaban J connectivity index is 2.21. The molecule has 94 valence electrons. The number of rotatable bonds is 3. The van der Waals surface area contributed by atoms with Crippen molar-refractivity contribution in [2.45, 2.75) is 25.8 Å². The molecular formula is C11H18N4O2. The maximum Gasteiger partial charge on any atom is 0.330 e. The van der Waals surface area contributed by atoms with E-state index in [2.05, 4.69) is 9.88 Å². The Hall–Kier alpha value is -1.56. The van der Waals surface area contributed by atoms with Gasteiger partial charge in [-0.15, -0.1) is 0 Å². The smallest absolute Gasteiger partial charge is 0.330 e. The molecule has 0 bridgehead atoms. The fraction of sp³-hybridized carbons (Fsp3) is 0.636. The van der Waals surface area contributed by atoms with Crippen LogP contribution in [-0.2, 0) is 0 Å². The summed E-state index contributed by atoms with van der Waals surface area (Å²) in [5.41, 5.74) is 4.85. The van der Waals surface area contributed by atoms with Gasteiger partial charge in [0.1, 0.15) is 5.82 Å². The molecule has 1 aliphatic heterocycles. The first-order chi connectivity index (χ1) is 8.08. The largest absolute Gasteiger partial charge is 0.385 e. The number of anilines is 1. The average molecular weight is 238 g/mol. The molecule has 1 saturated heterocycles.